The molecule has 2 aromatic rings. The van der Waals surface area contributed by atoms with E-state index >= 15 is 0 Å². The highest BCUT2D eigenvalue weighted by Gasteiger charge is 2.07. The van der Waals surface area contributed by atoms with Gasteiger partial charge in [-0.25, -0.2) is 9.59 Å². The topological polar surface area (TPSA) is 93.1 Å². The van der Waals surface area contributed by atoms with Crippen molar-refractivity contribution in [1.82, 2.24) is 0 Å². The molecule has 0 radical (unpaired) electrons. The first-order chi connectivity index (χ1) is 18.5. The van der Waals surface area contributed by atoms with E-state index in [0.717, 1.165) is 36.8 Å². The molecule has 2 rings (SSSR count). The summed E-state index contributed by atoms with van der Waals surface area (Å²) in [6.07, 6.45) is 16.9. The van der Waals surface area contributed by atoms with Crippen LogP contribution in [0, 0.1) is 0 Å². The predicted molar refractivity (Wildman–Crippen MR) is 154 cm³/mol. The number of ether oxygens (including phenoxy) is 2. The number of carboxylic acid groups (broad SMARTS) is 2. The van der Waals surface area contributed by atoms with Crippen molar-refractivity contribution in [1.29, 1.82) is 0 Å². The van der Waals surface area contributed by atoms with E-state index in [1.807, 2.05) is 24.3 Å². The number of hydrogen-bond acceptors (Lipinski definition) is 4. The summed E-state index contributed by atoms with van der Waals surface area (Å²) in [5, 5.41) is 17.3. The first kappa shape index (κ1) is 33.0. The van der Waals surface area contributed by atoms with Crippen LogP contribution in [0.25, 0.3) is 0 Å². The highest BCUT2D eigenvalue weighted by atomic mass is 16.7. The molecule has 0 saturated heterocycles. The van der Waals surface area contributed by atoms with Gasteiger partial charge in [-0.05, 0) is 48.9 Å². The lowest BCUT2D eigenvalue weighted by atomic mass is 10.0. The van der Waals surface area contributed by atoms with Crippen LogP contribution in [-0.2, 0) is 12.8 Å². The first-order valence-electron chi connectivity index (χ1n) is 14.4. The predicted octanol–water partition coefficient (Wildman–Crippen LogP) is 10.1. The van der Waals surface area contributed by atoms with E-state index in [9.17, 15) is 9.59 Å². The summed E-state index contributed by atoms with van der Waals surface area (Å²) in [6.45, 7) is 4.44. The first-order valence-corrected chi connectivity index (χ1v) is 14.4. The summed E-state index contributed by atoms with van der Waals surface area (Å²) in [6, 6.07) is 14.7. The molecule has 0 aliphatic heterocycles. The smallest absolute Gasteiger partial charge is 0.449 e. The highest BCUT2D eigenvalue weighted by Crippen LogP contribution is 2.22. The average Bonchev–Trinajstić information content (AvgIpc) is 2.89. The standard InChI is InChI=1S/2C16H24O3/c2*1-2-3-4-5-6-7-8-11-14-12-9-10-13-15(14)19-16(17)18/h2*9-10,12-13H,2-8,11H2,1H3,(H,17,18). The Morgan fingerprint density at radius 1 is 0.526 bits per heavy atom. The molecule has 0 heterocycles. The Kier molecular flexibility index (Phi) is 19.1. The number of benzene rings is 2. The van der Waals surface area contributed by atoms with Gasteiger partial charge in [0, 0.05) is 0 Å². The molecular formula is C32H48O6. The number of aryl methyl sites for hydroxylation is 2. The second-order valence-corrected chi connectivity index (χ2v) is 9.69. The summed E-state index contributed by atoms with van der Waals surface area (Å²) < 4.78 is 9.54. The third-order valence-corrected chi connectivity index (χ3v) is 6.44. The zero-order chi connectivity index (χ0) is 27.8. The van der Waals surface area contributed by atoms with Crippen molar-refractivity contribution < 1.29 is 29.3 Å². The second-order valence-electron chi connectivity index (χ2n) is 9.69. The lowest BCUT2D eigenvalue weighted by Crippen LogP contribution is -2.05. The third-order valence-electron chi connectivity index (χ3n) is 6.44. The summed E-state index contributed by atoms with van der Waals surface area (Å²) in [7, 11) is 0. The molecule has 6 nitrogen and oxygen atoms in total. The van der Waals surface area contributed by atoms with E-state index in [1.54, 1.807) is 24.3 Å². The van der Waals surface area contributed by atoms with Crippen molar-refractivity contribution in [3.8, 4) is 11.5 Å². The monoisotopic (exact) mass is 528 g/mol. The van der Waals surface area contributed by atoms with E-state index in [2.05, 4.69) is 13.8 Å². The van der Waals surface area contributed by atoms with Crippen LogP contribution in [0.5, 0.6) is 11.5 Å². The molecule has 6 heteroatoms. The fourth-order valence-electron chi connectivity index (χ4n) is 4.35. The molecule has 2 aromatic carbocycles. The molecule has 0 aromatic heterocycles. The van der Waals surface area contributed by atoms with E-state index in [-0.39, 0.29) is 0 Å². The molecule has 2 N–H and O–H groups in total. The minimum Gasteiger partial charge on any atom is -0.449 e. The van der Waals surface area contributed by atoms with Gasteiger partial charge in [0.15, 0.2) is 0 Å². The maximum Gasteiger partial charge on any atom is 0.511 e. The molecule has 212 valence electrons. The van der Waals surface area contributed by atoms with Crippen LogP contribution >= 0.6 is 0 Å². The van der Waals surface area contributed by atoms with Crippen molar-refractivity contribution in [2.45, 2.75) is 117 Å². The maximum atomic E-state index is 10.6. The Balaban J connectivity index is 0.000000380. The van der Waals surface area contributed by atoms with Gasteiger partial charge >= 0.3 is 12.3 Å². The summed E-state index contributed by atoms with van der Waals surface area (Å²) in [4.78, 5) is 21.2. The van der Waals surface area contributed by atoms with Crippen LogP contribution in [0.2, 0.25) is 0 Å². The van der Waals surface area contributed by atoms with E-state index in [4.69, 9.17) is 19.7 Å². The molecule has 0 aliphatic carbocycles. The van der Waals surface area contributed by atoms with Crippen LogP contribution in [0.15, 0.2) is 48.5 Å². The fraction of sp³-hybridized carbons (Fsp3) is 0.562. The van der Waals surface area contributed by atoms with Crippen LogP contribution in [0.1, 0.15) is 115 Å². The maximum absolute atomic E-state index is 10.6. The summed E-state index contributed by atoms with van der Waals surface area (Å²) in [5.41, 5.74) is 1.97. The van der Waals surface area contributed by atoms with E-state index in [1.165, 1.54) is 77.0 Å². The second kappa shape index (κ2) is 22.0. The normalized spacial score (nSPS) is 10.4. The fourth-order valence-corrected chi connectivity index (χ4v) is 4.35. The molecule has 0 atom stereocenters. The number of hydrogen-bond donors (Lipinski definition) is 2. The zero-order valence-electron chi connectivity index (χ0n) is 23.5. The molecule has 0 bridgehead atoms. The van der Waals surface area contributed by atoms with Crippen molar-refractivity contribution in [3.63, 3.8) is 0 Å². The van der Waals surface area contributed by atoms with Gasteiger partial charge < -0.3 is 19.7 Å². The van der Waals surface area contributed by atoms with Gasteiger partial charge in [-0.1, -0.05) is 127 Å². The lowest BCUT2D eigenvalue weighted by molar-refractivity contribution is 0.142. The molecule has 0 saturated carbocycles. The van der Waals surface area contributed by atoms with Crippen LogP contribution in [-0.4, -0.2) is 22.5 Å². The Morgan fingerprint density at radius 3 is 1.18 bits per heavy atom. The minimum atomic E-state index is -1.24. The number of rotatable bonds is 18. The Bertz CT molecular complexity index is 822. The Morgan fingerprint density at radius 2 is 0.842 bits per heavy atom. The van der Waals surface area contributed by atoms with Gasteiger partial charge in [0.05, 0.1) is 0 Å². The zero-order valence-corrected chi connectivity index (χ0v) is 23.5. The van der Waals surface area contributed by atoms with Gasteiger partial charge in [0.25, 0.3) is 0 Å². The molecule has 0 unspecified atom stereocenters. The van der Waals surface area contributed by atoms with Crippen LogP contribution in [0.4, 0.5) is 9.59 Å². The van der Waals surface area contributed by atoms with E-state index in [0.29, 0.717) is 11.5 Å². The minimum absolute atomic E-state index is 0.473. The largest absolute Gasteiger partial charge is 0.511 e. The average molecular weight is 529 g/mol. The molecule has 0 amide bonds. The SMILES string of the molecule is CCCCCCCCCc1ccccc1OC(=O)O.CCCCCCCCCc1ccccc1OC(=O)O. The number of unbranched alkanes of at least 4 members (excludes halogenated alkanes) is 12. The lowest BCUT2D eigenvalue weighted by Gasteiger charge is -2.07. The number of carbonyl (C=O) groups is 2. The van der Waals surface area contributed by atoms with Gasteiger partial charge in [-0.15, -0.1) is 0 Å². The summed E-state index contributed by atoms with van der Waals surface area (Å²) >= 11 is 0. The molecule has 38 heavy (non-hydrogen) atoms. The van der Waals surface area contributed by atoms with Gasteiger partial charge in [0.1, 0.15) is 11.5 Å². The summed E-state index contributed by atoms with van der Waals surface area (Å²) in [5.74, 6) is 0.946. The van der Waals surface area contributed by atoms with Gasteiger partial charge in [-0.2, -0.15) is 0 Å². The molecule has 0 aliphatic rings. The van der Waals surface area contributed by atoms with Crippen LogP contribution < -0.4 is 9.47 Å². The number of para-hydroxylation sites is 2. The Hall–Kier alpha value is -3.02. The quantitative estimate of drug-likeness (QED) is 0.114. The van der Waals surface area contributed by atoms with E-state index < -0.39 is 12.3 Å². The van der Waals surface area contributed by atoms with Crippen LogP contribution in [0.3, 0.4) is 0 Å². The van der Waals surface area contributed by atoms with Crippen molar-refractivity contribution in [3.05, 3.63) is 59.7 Å². The van der Waals surface area contributed by atoms with Gasteiger partial charge in [-0.3, -0.25) is 0 Å². The van der Waals surface area contributed by atoms with Gasteiger partial charge in [0.2, 0.25) is 0 Å². The van der Waals surface area contributed by atoms with Crippen molar-refractivity contribution in [2.24, 2.45) is 0 Å². The highest BCUT2D eigenvalue weighted by molar-refractivity contribution is 5.62. The Labute approximate surface area is 229 Å². The molecular weight excluding hydrogens is 480 g/mol. The van der Waals surface area contributed by atoms with Crippen molar-refractivity contribution in [2.75, 3.05) is 0 Å². The third kappa shape index (κ3) is 16.7. The molecule has 0 fully saturated rings. The molecule has 0 spiro atoms. The van der Waals surface area contributed by atoms with Crippen molar-refractivity contribution >= 4 is 12.3 Å².